The molecule has 2 unspecified atom stereocenters. The van der Waals surface area contributed by atoms with E-state index in [0.29, 0.717) is 58.0 Å². The summed E-state index contributed by atoms with van der Waals surface area (Å²) in [4.78, 5) is 85.3. The third-order valence-corrected chi connectivity index (χ3v) is 9.39. The maximum Gasteiger partial charge on any atom is 0.317 e. The molecule has 0 aromatic carbocycles. The normalized spacial score (nSPS) is 12.6. The topological polar surface area (TPSA) is 258 Å². The Morgan fingerprint density at radius 1 is 0.536 bits per heavy atom. The van der Waals surface area contributed by atoms with Crippen molar-refractivity contribution in [2.45, 2.75) is 109 Å². The zero-order chi connectivity index (χ0) is 42.0. The number of carboxylic acid groups (broad SMARTS) is 4. The van der Waals surface area contributed by atoms with Crippen molar-refractivity contribution in [2.75, 3.05) is 91.6 Å². The summed E-state index contributed by atoms with van der Waals surface area (Å²) < 4.78 is 0. The highest BCUT2D eigenvalue weighted by molar-refractivity contribution is 5.75. The van der Waals surface area contributed by atoms with Crippen LogP contribution in [0.1, 0.15) is 96.8 Å². The average Bonchev–Trinajstić information content (AvgIpc) is 3.11. The van der Waals surface area contributed by atoms with E-state index >= 15 is 0 Å². The van der Waals surface area contributed by atoms with Gasteiger partial charge in [0, 0.05) is 64.8 Å². The number of carboxylic acids is 4. The van der Waals surface area contributed by atoms with Crippen LogP contribution in [-0.4, -0.2) is 191 Å². The Bertz CT molecular complexity index is 1090. The van der Waals surface area contributed by atoms with E-state index in [1.807, 2.05) is 0 Å². The van der Waals surface area contributed by atoms with Crippen LogP contribution in [0.2, 0.25) is 0 Å². The Labute approximate surface area is 331 Å². The first-order valence-corrected chi connectivity index (χ1v) is 20.1. The third kappa shape index (κ3) is 31.6. The van der Waals surface area contributed by atoms with Gasteiger partial charge in [0.1, 0.15) is 12.6 Å². The summed E-state index contributed by atoms with van der Waals surface area (Å²) >= 11 is 0. The van der Waals surface area contributed by atoms with Gasteiger partial charge in [-0.3, -0.25) is 43.6 Å². The SMILES string of the molecule is CCCCCCCCC(O)C(CCCCCCCC(=O)NCCN(CCN(CC(=O)O)CC(=O)O)CC(=O)O)NCCN(CCN(CC=O)CC=O)CC(=O)O. The molecule has 324 valence electrons. The molecule has 0 aromatic rings. The minimum atomic E-state index is -1.19. The van der Waals surface area contributed by atoms with Gasteiger partial charge in [0.25, 0.3) is 0 Å². The molecule has 7 N–H and O–H groups in total. The van der Waals surface area contributed by atoms with E-state index in [2.05, 4.69) is 17.6 Å². The van der Waals surface area contributed by atoms with Crippen LogP contribution in [-0.2, 0) is 33.6 Å². The van der Waals surface area contributed by atoms with Crippen molar-refractivity contribution in [3.05, 3.63) is 0 Å². The minimum Gasteiger partial charge on any atom is -0.480 e. The van der Waals surface area contributed by atoms with E-state index in [9.17, 15) is 48.9 Å². The van der Waals surface area contributed by atoms with E-state index in [-0.39, 0.29) is 64.3 Å². The number of hydrogen-bond acceptors (Lipinski definition) is 13. The van der Waals surface area contributed by atoms with Gasteiger partial charge >= 0.3 is 23.9 Å². The molecule has 18 heteroatoms. The Hall–Kier alpha value is -3.55. The molecule has 2 atom stereocenters. The van der Waals surface area contributed by atoms with Gasteiger partial charge in [-0.2, -0.15) is 0 Å². The highest BCUT2D eigenvalue weighted by atomic mass is 16.4. The van der Waals surface area contributed by atoms with Crippen LogP contribution in [0.4, 0.5) is 0 Å². The van der Waals surface area contributed by atoms with Gasteiger partial charge in [-0.05, 0) is 19.3 Å². The molecule has 0 aromatic heterocycles. The first kappa shape index (κ1) is 52.5. The summed E-state index contributed by atoms with van der Waals surface area (Å²) in [6.07, 6.45) is 13.4. The van der Waals surface area contributed by atoms with Crippen molar-refractivity contribution < 1.29 is 59.1 Å². The van der Waals surface area contributed by atoms with Crippen LogP contribution in [0.3, 0.4) is 0 Å². The maximum absolute atomic E-state index is 12.4. The highest BCUT2D eigenvalue weighted by Gasteiger charge is 2.20. The van der Waals surface area contributed by atoms with Crippen LogP contribution in [0.25, 0.3) is 0 Å². The predicted octanol–water partition coefficient (Wildman–Crippen LogP) is 0.847. The van der Waals surface area contributed by atoms with E-state index in [1.165, 1.54) is 29.1 Å². The molecule has 0 aliphatic rings. The zero-order valence-electron chi connectivity index (χ0n) is 33.5. The van der Waals surface area contributed by atoms with Gasteiger partial charge in [0.05, 0.1) is 45.4 Å². The number of amides is 1. The summed E-state index contributed by atoms with van der Waals surface area (Å²) in [5, 5.41) is 54.1. The van der Waals surface area contributed by atoms with Crippen LogP contribution in [0.5, 0.6) is 0 Å². The fraction of sp³-hybridized carbons (Fsp3) is 0.816. The molecular formula is C38H70N6O12. The summed E-state index contributed by atoms with van der Waals surface area (Å²) in [7, 11) is 0. The number of aliphatic carboxylic acids is 4. The molecule has 1 amide bonds. The number of carbonyl (C=O) groups excluding carboxylic acids is 3. The number of unbranched alkanes of at least 4 members (excludes halogenated alkanes) is 9. The molecule has 0 spiro atoms. The van der Waals surface area contributed by atoms with E-state index in [4.69, 9.17) is 10.2 Å². The van der Waals surface area contributed by atoms with Crippen molar-refractivity contribution in [1.82, 2.24) is 30.2 Å². The Kier molecular flexibility index (Phi) is 32.5. The summed E-state index contributed by atoms with van der Waals surface area (Å²) in [5.41, 5.74) is 0. The van der Waals surface area contributed by atoms with Crippen molar-refractivity contribution in [3.63, 3.8) is 0 Å². The second-order valence-electron chi connectivity index (χ2n) is 14.3. The van der Waals surface area contributed by atoms with Crippen LogP contribution < -0.4 is 10.6 Å². The largest absolute Gasteiger partial charge is 0.480 e. The number of aliphatic hydroxyl groups excluding tert-OH is 1. The van der Waals surface area contributed by atoms with Gasteiger partial charge in [0.2, 0.25) is 5.91 Å². The van der Waals surface area contributed by atoms with Crippen molar-refractivity contribution in [1.29, 1.82) is 0 Å². The van der Waals surface area contributed by atoms with Crippen LogP contribution in [0, 0.1) is 0 Å². The zero-order valence-corrected chi connectivity index (χ0v) is 33.5. The number of rotatable bonds is 41. The molecule has 0 fully saturated rings. The lowest BCUT2D eigenvalue weighted by Gasteiger charge is -2.28. The second kappa shape index (κ2) is 34.7. The number of nitrogens with zero attached hydrogens (tertiary/aromatic N) is 4. The van der Waals surface area contributed by atoms with Crippen molar-refractivity contribution in [3.8, 4) is 0 Å². The quantitative estimate of drug-likeness (QED) is 0.0334. The number of hydrogen-bond donors (Lipinski definition) is 7. The van der Waals surface area contributed by atoms with Crippen LogP contribution >= 0.6 is 0 Å². The molecule has 0 aliphatic heterocycles. The van der Waals surface area contributed by atoms with Gasteiger partial charge in [-0.15, -0.1) is 0 Å². The molecule has 0 rings (SSSR count). The first-order valence-electron chi connectivity index (χ1n) is 20.1. The molecule has 0 aliphatic carbocycles. The lowest BCUT2D eigenvalue weighted by atomic mass is 9.97. The number of aliphatic hydroxyl groups is 1. The highest BCUT2D eigenvalue weighted by Crippen LogP contribution is 2.15. The average molecular weight is 803 g/mol. The maximum atomic E-state index is 12.4. The summed E-state index contributed by atoms with van der Waals surface area (Å²) in [6.45, 7) is 2.99. The van der Waals surface area contributed by atoms with Crippen molar-refractivity contribution in [2.24, 2.45) is 0 Å². The fourth-order valence-electron chi connectivity index (χ4n) is 6.35. The molecule has 0 radical (unpaired) electrons. The van der Waals surface area contributed by atoms with Crippen LogP contribution in [0.15, 0.2) is 0 Å². The Morgan fingerprint density at radius 3 is 1.48 bits per heavy atom. The number of aldehydes is 2. The first-order chi connectivity index (χ1) is 26.8. The van der Waals surface area contributed by atoms with E-state index in [0.717, 1.165) is 51.4 Å². The second-order valence-corrected chi connectivity index (χ2v) is 14.3. The van der Waals surface area contributed by atoms with E-state index in [1.54, 1.807) is 9.80 Å². The molecule has 0 saturated carbocycles. The number of nitrogens with one attached hydrogen (secondary N) is 2. The number of carbonyl (C=O) groups is 7. The molecule has 0 heterocycles. The smallest absolute Gasteiger partial charge is 0.317 e. The summed E-state index contributed by atoms with van der Waals surface area (Å²) in [5.74, 6) is -4.63. The van der Waals surface area contributed by atoms with Gasteiger partial charge in [-0.1, -0.05) is 71.1 Å². The lowest BCUT2D eigenvalue weighted by molar-refractivity contribution is -0.143. The predicted molar refractivity (Wildman–Crippen MR) is 210 cm³/mol. The lowest BCUT2D eigenvalue weighted by Crippen LogP contribution is -2.46. The van der Waals surface area contributed by atoms with E-state index < -0.39 is 43.1 Å². The Morgan fingerprint density at radius 2 is 0.964 bits per heavy atom. The van der Waals surface area contributed by atoms with Gasteiger partial charge < -0.3 is 45.8 Å². The monoisotopic (exact) mass is 803 g/mol. The minimum absolute atomic E-state index is 0.0353. The molecular weight excluding hydrogens is 732 g/mol. The van der Waals surface area contributed by atoms with Gasteiger partial charge in [-0.25, -0.2) is 0 Å². The molecule has 0 bridgehead atoms. The van der Waals surface area contributed by atoms with Crippen molar-refractivity contribution >= 4 is 42.4 Å². The molecule has 0 saturated heterocycles. The molecule has 18 nitrogen and oxygen atoms in total. The fourth-order valence-corrected chi connectivity index (χ4v) is 6.35. The summed E-state index contributed by atoms with van der Waals surface area (Å²) in [6, 6.07) is -0.164. The van der Waals surface area contributed by atoms with Gasteiger partial charge in [0.15, 0.2) is 0 Å². The standard InChI is InChI=1S/C38H70N6O12/c1-2-3-4-5-8-11-14-33(47)32(39-16-18-42(28-35(49)50)21-20-41(24-26-45)25-27-46)13-10-7-6-9-12-15-34(48)40-17-19-43(29-36(51)52)22-23-44(30-37(53)54)31-38(55)56/h26-27,32-33,39,47H,2-25,28-31H2,1H3,(H,40,48)(H,49,50)(H,51,52)(H,53,54)(H,55,56). The Balaban J connectivity index is 4.82. The molecule has 56 heavy (non-hydrogen) atoms. The third-order valence-electron chi connectivity index (χ3n) is 9.39.